The second-order valence-electron chi connectivity index (χ2n) is 4.02. The van der Waals surface area contributed by atoms with E-state index in [9.17, 15) is 25.6 Å². The van der Waals surface area contributed by atoms with Crippen molar-refractivity contribution in [3.63, 3.8) is 0 Å². The summed E-state index contributed by atoms with van der Waals surface area (Å²) in [6, 6.07) is 0.977. The number of nitrogens with two attached hydrogens (primary N) is 1. The van der Waals surface area contributed by atoms with Crippen molar-refractivity contribution in [2.45, 2.75) is 11.8 Å². The number of anilines is 1. The lowest BCUT2D eigenvalue weighted by Crippen LogP contribution is -2.34. The fraction of sp³-hybridized carbons (Fsp3) is 0.400. The van der Waals surface area contributed by atoms with E-state index in [0.717, 1.165) is 0 Å². The van der Waals surface area contributed by atoms with E-state index in [1.54, 1.807) is 6.92 Å². The number of nitrogens with one attached hydrogen (secondary N) is 2. The highest BCUT2D eigenvalue weighted by Crippen LogP contribution is 2.20. The normalized spacial score (nSPS) is 12.5. The molecular weight excluding hydrogens is 328 g/mol. The molecule has 0 saturated carbocycles. The van der Waals surface area contributed by atoms with E-state index >= 15 is 0 Å². The minimum Gasteiger partial charge on any atom is -0.396 e. The first kappa shape index (κ1) is 17.8. The van der Waals surface area contributed by atoms with Gasteiger partial charge in [0.1, 0.15) is 16.5 Å². The maximum atomic E-state index is 13.5. The third-order valence-corrected chi connectivity index (χ3v) is 5.31. The fourth-order valence-corrected chi connectivity index (χ4v) is 3.64. The number of hydrogen-bond acceptors (Lipinski definition) is 5. The molecule has 0 unspecified atom stereocenters. The molecule has 1 rings (SSSR count). The summed E-state index contributed by atoms with van der Waals surface area (Å²) in [5.41, 5.74) is 4.65. The number of nitrogen functional groups attached to an aromatic ring is 1. The third kappa shape index (κ3) is 4.88. The van der Waals surface area contributed by atoms with Crippen LogP contribution in [0.25, 0.3) is 0 Å². The molecular formula is C10H15F2N3O4S2. The predicted molar refractivity (Wildman–Crippen MR) is 73.4 cm³/mol. The van der Waals surface area contributed by atoms with Crippen molar-refractivity contribution in [2.24, 2.45) is 0 Å². The lowest BCUT2D eigenvalue weighted by Gasteiger charge is -2.09. The highest BCUT2D eigenvalue weighted by Gasteiger charge is 2.21. The Bertz CT molecular complexity index is 720. The Hall–Kier alpha value is -1.30. The topological polar surface area (TPSA) is 118 Å². The van der Waals surface area contributed by atoms with Crippen molar-refractivity contribution in [1.29, 1.82) is 0 Å². The first-order valence-corrected chi connectivity index (χ1v) is 8.94. The van der Waals surface area contributed by atoms with Gasteiger partial charge in [0.05, 0.1) is 11.4 Å². The average Bonchev–Trinajstić information content (AvgIpc) is 2.32. The van der Waals surface area contributed by atoms with Gasteiger partial charge in [0.2, 0.25) is 20.0 Å². The summed E-state index contributed by atoms with van der Waals surface area (Å²) >= 11 is 0. The Morgan fingerprint density at radius 1 is 1.10 bits per heavy atom. The SMILES string of the molecule is CCNS(=O)(=O)CCNS(=O)(=O)c1cc(N)c(F)cc1F. The molecule has 0 spiro atoms. The number of sulfonamides is 2. The van der Waals surface area contributed by atoms with Crippen molar-refractivity contribution < 1.29 is 25.6 Å². The number of benzene rings is 1. The van der Waals surface area contributed by atoms with Crippen LogP contribution in [0.2, 0.25) is 0 Å². The van der Waals surface area contributed by atoms with Gasteiger partial charge in [-0.3, -0.25) is 0 Å². The van der Waals surface area contributed by atoms with Crippen LogP contribution < -0.4 is 15.2 Å². The van der Waals surface area contributed by atoms with Gasteiger partial charge < -0.3 is 5.73 Å². The van der Waals surface area contributed by atoms with Gasteiger partial charge in [-0.05, 0) is 6.07 Å². The molecule has 0 aliphatic heterocycles. The maximum absolute atomic E-state index is 13.5. The lowest BCUT2D eigenvalue weighted by atomic mass is 10.3. The molecule has 0 aliphatic rings. The van der Waals surface area contributed by atoms with E-state index in [1.165, 1.54) is 0 Å². The van der Waals surface area contributed by atoms with Gasteiger partial charge >= 0.3 is 0 Å². The van der Waals surface area contributed by atoms with Gasteiger partial charge in [-0.2, -0.15) is 0 Å². The monoisotopic (exact) mass is 343 g/mol. The zero-order chi connectivity index (χ0) is 16.3. The molecule has 0 saturated heterocycles. The van der Waals surface area contributed by atoms with E-state index in [4.69, 9.17) is 5.73 Å². The Balaban J connectivity index is 2.86. The van der Waals surface area contributed by atoms with Crippen molar-refractivity contribution in [3.8, 4) is 0 Å². The van der Waals surface area contributed by atoms with E-state index in [2.05, 4.69) is 4.72 Å². The molecule has 0 aliphatic carbocycles. The van der Waals surface area contributed by atoms with Crippen molar-refractivity contribution in [2.75, 3.05) is 24.6 Å². The molecule has 0 radical (unpaired) electrons. The van der Waals surface area contributed by atoms with Gasteiger partial charge in [0.25, 0.3) is 0 Å². The first-order chi connectivity index (χ1) is 9.59. The Labute approximate surface area is 121 Å². The minimum absolute atomic E-state index is 0.165. The Morgan fingerprint density at radius 2 is 1.71 bits per heavy atom. The van der Waals surface area contributed by atoms with Crippen molar-refractivity contribution in [3.05, 3.63) is 23.8 Å². The van der Waals surface area contributed by atoms with E-state index in [-0.39, 0.29) is 6.54 Å². The number of hydrogen-bond donors (Lipinski definition) is 3. The number of halogens is 2. The zero-order valence-electron chi connectivity index (χ0n) is 11.1. The summed E-state index contributed by atoms with van der Waals surface area (Å²) in [5.74, 6) is -2.91. The molecule has 1 aromatic carbocycles. The molecule has 0 heterocycles. The van der Waals surface area contributed by atoms with Crippen LogP contribution in [0.1, 0.15) is 6.92 Å². The Kier molecular flexibility index (Phi) is 5.61. The highest BCUT2D eigenvalue weighted by atomic mass is 32.2. The third-order valence-electron chi connectivity index (χ3n) is 2.37. The molecule has 4 N–H and O–H groups in total. The van der Waals surface area contributed by atoms with Crippen LogP contribution in [-0.4, -0.2) is 35.7 Å². The molecule has 0 bridgehead atoms. The molecule has 0 fully saturated rings. The summed E-state index contributed by atoms with van der Waals surface area (Å²) in [6.07, 6.45) is 0. The summed E-state index contributed by atoms with van der Waals surface area (Å²) in [6.45, 7) is 1.27. The second kappa shape index (κ2) is 6.64. The standard InChI is InChI=1S/C10H15F2N3O4S2/c1-2-14-20(16,17)4-3-15-21(18,19)10-6-9(13)7(11)5-8(10)12/h5-6,14-15H,2-4,13H2,1H3. The molecule has 1 aromatic rings. The van der Waals surface area contributed by atoms with Crippen LogP contribution in [0, 0.1) is 11.6 Å². The summed E-state index contributed by atoms with van der Waals surface area (Å²) < 4.78 is 76.8. The van der Waals surface area contributed by atoms with E-state index in [0.29, 0.717) is 12.1 Å². The van der Waals surface area contributed by atoms with Crippen LogP contribution in [0.5, 0.6) is 0 Å². The van der Waals surface area contributed by atoms with Crippen LogP contribution >= 0.6 is 0 Å². The predicted octanol–water partition coefficient (Wildman–Crippen LogP) is -0.235. The average molecular weight is 343 g/mol. The van der Waals surface area contributed by atoms with Gasteiger partial charge in [-0.25, -0.2) is 35.1 Å². The van der Waals surface area contributed by atoms with Crippen molar-refractivity contribution >= 4 is 25.7 Å². The van der Waals surface area contributed by atoms with Gasteiger partial charge in [0.15, 0.2) is 0 Å². The first-order valence-electron chi connectivity index (χ1n) is 5.80. The molecule has 0 aromatic heterocycles. The van der Waals surface area contributed by atoms with Crippen molar-refractivity contribution in [1.82, 2.24) is 9.44 Å². The minimum atomic E-state index is -4.33. The van der Waals surface area contributed by atoms with E-state index in [1.807, 2.05) is 4.72 Å². The van der Waals surface area contributed by atoms with Crippen LogP contribution in [0.15, 0.2) is 17.0 Å². The molecule has 120 valence electrons. The van der Waals surface area contributed by atoms with Crippen LogP contribution in [0.4, 0.5) is 14.5 Å². The number of rotatable bonds is 7. The van der Waals surface area contributed by atoms with E-state index < -0.39 is 54.6 Å². The molecule has 7 nitrogen and oxygen atoms in total. The second-order valence-corrected chi connectivity index (χ2v) is 7.68. The molecule has 21 heavy (non-hydrogen) atoms. The van der Waals surface area contributed by atoms with Gasteiger partial charge in [-0.15, -0.1) is 0 Å². The zero-order valence-corrected chi connectivity index (χ0v) is 12.7. The molecule has 11 heteroatoms. The summed E-state index contributed by atoms with van der Waals surface area (Å²) in [7, 11) is -7.95. The molecule has 0 amide bonds. The summed E-state index contributed by atoms with van der Waals surface area (Å²) in [5, 5.41) is 0. The maximum Gasteiger partial charge on any atom is 0.243 e. The van der Waals surface area contributed by atoms with Gasteiger partial charge in [0, 0.05) is 19.2 Å². The summed E-state index contributed by atoms with van der Waals surface area (Å²) in [4.78, 5) is -0.845. The Morgan fingerprint density at radius 3 is 2.29 bits per heavy atom. The van der Waals surface area contributed by atoms with Gasteiger partial charge in [-0.1, -0.05) is 6.92 Å². The highest BCUT2D eigenvalue weighted by molar-refractivity contribution is 7.90. The quantitative estimate of drug-likeness (QED) is 0.591. The van der Waals surface area contributed by atoms with Crippen LogP contribution in [0.3, 0.4) is 0 Å². The van der Waals surface area contributed by atoms with Crippen LogP contribution in [-0.2, 0) is 20.0 Å². The smallest absolute Gasteiger partial charge is 0.243 e. The largest absolute Gasteiger partial charge is 0.396 e. The molecule has 0 atom stereocenters. The fourth-order valence-electron chi connectivity index (χ4n) is 1.43. The lowest BCUT2D eigenvalue weighted by molar-refractivity contribution is 0.545.